The molecule has 9 nitrogen and oxygen atoms in total. The monoisotopic (exact) mass is 960 g/mol. The second-order valence-electron chi connectivity index (χ2n) is 19.3. The molecule has 0 radical (unpaired) electrons. The summed E-state index contributed by atoms with van der Waals surface area (Å²) in [5.41, 5.74) is 0. The molecule has 0 rings (SSSR count). The van der Waals surface area contributed by atoms with Gasteiger partial charge in [0, 0.05) is 12.8 Å². The van der Waals surface area contributed by atoms with Gasteiger partial charge >= 0.3 is 13.8 Å². The lowest BCUT2D eigenvalue weighted by molar-refractivity contribution is -0.870. The zero-order valence-corrected chi connectivity index (χ0v) is 45.0. The van der Waals surface area contributed by atoms with Gasteiger partial charge < -0.3 is 19.4 Å². The van der Waals surface area contributed by atoms with E-state index in [1.165, 1.54) is 77.0 Å². The first-order valence-electron chi connectivity index (χ1n) is 27.3. The molecule has 388 valence electrons. The third kappa shape index (κ3) is 48.3. The van der Waals surface area contributed by atoms with Crippen LogP contribution in [0.15, 0.2) is 72.9 Å². The highest BCUT2D eigenvalue weighted by atomic mass is 31.2. The minimum Gasteiger partial charge on any atom is -0.456 e. The lowest BCUT2D eigenvalue weighted by Crippen LogP contribution is -2.47. The van der Waals surface area contributed by atoms with E-state index in [4.69, 9.17) is 13.8 Å². The summed E-state index contributed by atoms with van der Waals surface area (Å²) in [6, 6.07) is -0.862. The lowest BCUT2D eigenvalue weighted by Gasteiger charge is -2.27. The molecule has 0 saturated heterocycles. The Morgan fingerprint density at radius 3 is 1.43 bits per heavy atom. The zero-order chi connectivity index (χ0) is 49.4. The predicted molar refractivity (Wildman–Crippen MR) is 286 cm³/mol. The molecule has 0 saturated carbocycles. The van der Waals surface area contributed by atoms with Gasteiger partial charge in [0.05, 0.1) is 33.8 Å². The number of amides is 1. The van der Waals surface area contributed by atoms with Gasteiger partial charge in [0.1, 0.15) is 19.3 Å². The Kier molecular flexibility index (Phi) is 45.3. The average Bonchev–Trinajstić information content (AvgIpc) is 3.28. The van der Waals surface area contributed by atoms with Gasteiger partial charge in [-0.05, 0) is 89.5 Å². The van der Waals surface area contributed by atoms with Crippen LogP contribution in [0, 0.1) is 0 Å². The Morgan fingerprint density at radius 2 is 0.955 bits per heavy atom. The van der Waals surface area contributed by atoms with Crippen LogP contribution in [-0.2, 0) is 27.9 Å². The van der Waals surface area contributed by atoms with E-state index < -0.39 is 20.0 Å². The van der Waals surface area contributed by atoms with Crippen molar-refractivity contribution in [1.29, 1.82) is 0 Å². The van der Waals surface area contributed by atoms with E-state index >= 15 is 0 Å². The second kappa shape index (κ2) is 47.1. The Bertz CT molecular complexity index is 1380. The highest BCUT2D eigenvalue weighted by Crippen LogP contribution is 2.43. The number of rotatable bonds is 48. The number of phosphoric ester groups is 1. The molecule has 2 N–H and O–H groups in total. The van der Waals surface area contributed by atoms with Crippen molar-refractivity contribution < 1.29 is 37.3 Å². The molecule has 0 aliphatic carbocycles. The lowest BCUT2D eigenvalue weighted by atomic mass is 10.0. The molecular weight excluding hydrogens is 856 g/mol. The normalized spacial score (nSPS) is 14.4. The summed E-state index contributed by atoms with van der Waals surface area (Å²) in [7, 11) is 1.47. The smallest absolute Gasteiger partial charge is 0.456 e. The van der Waals surface area contributed by atoms with Crippen LogP contribution in [0.5, 0.6) is 0 Å². The number of quaternary nitrogens is 1. The second-order valence-corrected chi connectivity index (χ2v) is 20.8. The highest BCUT2D eigenvalue weighted by Gasteiger charge is 2.30. The van der Waals surface area contributed by atoms with Crippen molar-refractivity contribution in [3.63, 3.8) is 0 Å². The fourth-order valence-corrected chi connectivity index (χ4v) is 8.20. The number of carbonyl (C=O) groups is 2. The van der Waals surface area contributed by atoms with Crippen molar-refractivity contribution in [2.45, 2.75) is 238 Å². The quantitative estimate of drug-likeness (QED) is 0.0205. The predicted octanol–water partition coefficient (Wildman–Crippen LogP) is 16.1. The molecule has 67 heavy (non-hydrogen) atoms. The van der Waals surface area contributed by atoms with E-state index in [1.54, 1.807) is 0 Å². The fourth-order valence-electron chi connectivity index (χ4n) is 7.46. The topological polar surface area (TPSA) is 111 Å². The van der Waals surface area contributed by atoms with E-state index in [2.05, 4.69) is 86.8 Å². The van der Waals surface area contributed by atoms with E-state index in [1.807, 2.05) is 33.3 Å². The van der Waals surface area contributed by atoms with Crippen molar-refractivity contribution in [3.05, 3.63) is 72.9 Å². The van der Waals surface area contributed by atoms with Gasteiger partial charge in [-0.25, -0.2) is 4.57 Å². The number of carbonyl (C=O) groups excluding carboxylic acids is 2. The molecule has 0 bridgehead atoms. The van der Waals surface area contributed by atoms with Crippen LogP contribution in [-0.4, -0.2) is 74.3 Å². The standard InChI is InChI=1S/C57H103N2O7P/c1-7-10-13-16-19-22-25-28-31-34-37-40-43-46-49-56(60)58-54(53-65-67(62,63)64-52-51-59(4,5)6)55(48-45-42-39-36-33-30-27-24-21-18-15-12-9-3)66-57(61)50-47-44-41-38-35-32-29-26-23-20-17-14-11-8-2/h10-11,13-14,19-20,22-23,29,32,45,48,54-55H,7-9,12,15-18,21,24-28,30-31,33-44,46-47,49-53H2,1-6H3,(H-,58,60,62,63)/p+1/b13-10+,14-11+,22-19+,23-20+,32-29+,48-45+. The molecular formula is C57H104N2O7P+. The van der Waals surface area contributed by atoms with Gasteiger partial charge in [0.25, 0.3) is 0 Å². The first kappa shape index (κ1) is 64.5. The minimum atomic E-state index is -4.45. The number of unbranched alkanes of at least 4 members (excludes halogenated alkanes) is 22. The van der Waals surface area contributed by atoms with Crippen LogP contribution in [0.25, 0.3) is 0 Å². The summed E-state index contributed by atoms with van der Waals surface area (Å²) in [6.45, 7) is 6.76. The summed E-state index contributed by atoms with van der Waals surface area (Å²) in [4.78, 5) is 37.5. The molecule has 1 amide bonds. The van der Waals surface area contributed by atoms with Crippen LogP contribution in [0.1, 0.15) is 226 Å². The van der Waals surface area contributed by atoms with Crippen molar-refractivity contribution in [2.24, 2.45) is 0 Å². The van der Waals surface area contributed by atoms with Crippen LogP contribution in [0.2, 0.25) is 0 Å². The maximum absolute atomic E-state index is 13.5. The Morgan fingerprint density at radius 1 is 0.537 bits per heavy atom. The van der Waals surface area contributed by atoms with E-state index in [-0.39, 0.29) is 31.5 Å². The van der Waals surface area contributed by atoms with E-state index in [0.29, 0.717) is 23.9 Å². The van der Waals surface area contributed by atoms with Crippen LogP contribution in [0.3, 0.4) is 0 Å². The molecule has 3 atom stereocenters. The summed E-state index contributed by atoms with van der Waals surface area (Å²) in [5.74, 6) is -0.544. The number of ether oxygens (including phenoxy) is 1. The molecule has 0 aromatic heterocycles. The van der Waals surface area contributed by atoms with Gasteiger partial charge in [-0.15, -0.1) is 0 Å². The van der Waals surface area contributed by atoms with Gasteiger partial charge in [-0.2, -0.15) is 0 Å². The van der Waals surface area contributed by atoms with Crippen molar-refractivity contribution >= 4 is 19.7 Å². The highest BCUT2D eigenvalue weighted by molar-refractivity contribution is 7.47. The first-order chi connectivity index (χ1) is 32.4. The Hall–Kier alpha value is -2.55. The molecule has 3 unspecified atom stereocenters. The molecule has 0 heterocycles. The number of allylic oxidation sites excluding steroid dienone is 11. The van der Waals surface area contributed by atoms with Crippen molar-refractivity contribution in [2.75, 3.05) is 40.9 Å². The fraction of sp³-hybridized carbons (Fsp3) is 0.754. The third-order valence-corrected chi connectivity index (χ3v) is 12.6. The number of likely N-dealkylation sites (N-methyl/N-ethyl adjacent to an activating group) is 1. The van der Waals surface area contributed by atoms with Gasteiger partial charge in [-0.3, -0.25) is 18.6 Å². The number of nitrogens with zero attached hydrogens (tertiary/aromatic N) is 1. The van der Waals surface area contributed by atoms with E-state index in [9.17, 15) is 19.0 Å². The maximum Gasteiger partial charge on any atom is 0.472 e. The van der Waals surface area contributed by atoms with Crippen LogP contribution in [0.4, 0.5) is 0 Å². The number of hydrogen-bond donors (Lipinski definition) is 2. The zero-order valence-electron chi connectivity index (χ0n) is 44.1. The average molecular weight is 960 g/mol. The number of phosphoric acid groups is 1. The Labute approximate surface area is 413 Å². The van der Waals surface area contributed by atoms with Crippen molar-refractivity contribution in [3.8, 4) is 0 Å². The molecule has 0 fully saturated rings. The van der Waals surface area contributed by atoms with E-state index in [0.717, 1.165) is 109 Å². The van der Waals surface area contributed by atoms with Gasteiger partial charge in [0.2, 0.25) is 5.91 Å². The number of hydrogen-bond acceptors (Lipinski definition) is 6. The van der Waals surface area contributed by atoms with Gasteiger partial charge in [-0.1, -0.05) is 197 Å². The van der Waals surface area contributed by atoms with Gasteiger partial charge in [0.15, 0.2) is 0 Å². The molecule has 0 aliphatic heterocycles. The summed E-state index contributed by atoms with van der Waals surface area (Å²) >= 11 is 0. The summed E-state index contributed by atoms with van der Waals surface area (Å²) in [6.07, 6.45) is 58.9. The molecule has 0 spiro atoms. The number of esters is 1. The summed E-state index contributed by atoms with van der Waals surface area (Å²) in [5, 5.41) is 3.03. The van der Waals surface area contributed by atoms with Crippen molar-refractivity contribution in [1.82, 2.24) is 5.32 Å². The first-order valence-corrected chi connectivity index (χ1v) is 28.8. The third-order valence-electron chi connectivity index (χ3n) is 11.6. The Balaban J connectivity index is 5.46. The maximum atomic E-state index is 13.5. The molecule has 10 heteroatoms. The molecule has 0 aromatic rings. The molecule has 0 aliphatic rings. The number of nitrogens with one attached hydrogen (secondary N) is 1. The van der Waals surface area contributed by atoms with Crippen LogP contribution < -0.4 is 5.32 Å². The molecule has 0 aromatic carbocycles. The minimum absolute atomic E-state index is 0.0321. The largest absolute Gasteiger partial charge is 0.472 e. The SMILES string of the molecule is CC/C=C/C/C=C/C/C=C/CCCCCCC(=O)OC(/C=C/CCCCCCCCCCCCC)C(COP(=O)(O)OCC[N+](C)(C)C)NC(=O)CCCCCCCCC/C=C/C/C=C/CC. The van der Waals surface area contributed by atoms with Crippen LogP contribution >= 0.6 is 7.82 Å². The summed E-state index contributed by atoms with van der Waals surface area (Å²) < 4.78 is 30.5.